The molecule has 0 radical (unpaired) electrons. The SMILES string of the molecule is C/C=C1\CN2CC[C@]34c5ccccc5N5[C@H]3C(=CO[C@H]5C3[C@@H]5N(C(C)=O)c6ccccc6C56CCN5C/C(=C/C)[C@@H]3C[C@H]56)[C@H]1C[C@H]24. The second-order valence-electron chi connectivity index (χ2n) is 15.8. The van der Waals surface area contributed by atoms with E-state index in [0.717, 1.165) is 44.7 Å². The number of piperidine rings is 2. The van der Waals surface area contributed by atoms with Crippen LogP contribution < -0.4 is 9.80 Å². The molecule has 6 nitrogen and oxygen atoms in total. The number of anilines is 2. The molecule has 236 valence electrons. The van der Waals surface area contributed by atoms with Crippen molar-refractivity contribution in [2.75, 3.05) is 36.0 Å². The highest BCUT2D eigenvalue weighted by molar-refractivity contribution is 5.96. The summed E-state index contributed by atoms with van der Waals surface area (Å²) < 4.78 is 7.33. The van der Waals surface area contributed by atoms with Crippen LogP contribution in [0.4, 0.5) is 11.4 Å². The van der Waals surface area contributed by atoms with Crippen LogP contribution in [0, 0.1) is 17.8 Å². The number of hydrogen-bond acceptors (Lipinski definition) is 5. The van der Waals surface area contributed by atoms with Crippen LogP contribution in [0.25, 0.3) is 0 Å². The Bertz CT molecular complexity index is 1810. The van der Waals surface area contributed by atoms with E-state index in [1.54, 1.807) is 23.6 Å². The first-order valence-corrected chi connectivity index (χ1v) is 17.9. The third-order valence-electron chi connectivity index (χ3n) is 14.8. The van der Waals surface area contributed by atoms with Crippen molar-refractivity contribution in [2.24, 2.45) is 17.8 Å². The molecule has 2 aliphatic carbocycles. The van der Waals surface area contributed by atoms with Gasteiger partial charge in [0.25, 0.3) is 0 Å². The van der Waals surface area contributed by atoms with Gasteiger partial charge < -0.3 is 14.5 Å². The monoisotopic (exact) mass is 612 g/mol. The topological polar surface area (TPSA) is 39.3 Å². The van der Waals surface area contributed by atoms with Gasteiger partial charge in [0.15, 0.2) is 6.23 Å². The Morgan fingerprint density at radius 2 is 1.50 bits per heavy atom. The van der Waals surface area contributed by atoms with Crippen LogP contribution in [-0.2, 0) is 20.4 Å². The summed E-state index contributed by atoms with van der Waals surface area (Å²) in [5.74, 6) is 1.15. The molecule has 4 bridgehead atoms. The molecular weight excluding hydrogens is 568 g/mol. The van der Waals surface area contributed by atoms with Gasteiger partial charge in [0.05, 0.1) is 18.3 Å². The van der Waals surface area contributed by atoms with Crippen LogP contribution in [0.2, 0.25) is 0 Å². The number of allylic oxidation sites excluding steroid dienone is 2. The second-order valence-corrected chi connectivity index (χ2v) is 15.8. The standard InChI is InChI=1S/C40H44N4O2/c1-4-24-20-41-16-14-39-30-11-7-9-13-32(30)44-36(39)28(26(24)18-33(39)41)22-46-38(44)35-27-19-34-40(15-17-42(34)21-25(27)5-2)29-10-6-8-12-31(29)43(23(3)45)37(35)40/h4-13,22,26-27,33-38H,14-21H2,1-3H3/b24-4+,25-5-/t26-,27-,33-,34-,35?,36-,37-,38-,39+,40?/m0/s1. The summed E-state index contributed by atoms with van der Waals surface area (Å²) in [6.07, 6.45) is 11.6. The lowest BCUT2D eigenvalue weighted by Crippen LogP contribution is -2.71. The number of ether oxygens (including phenoxy) is 1. The molecule has 10 atom stereocenters. The van der Waals surface area contributed by atoms with Crippen molar-refractivity contribution in [3.8, 4) is 0 Å². The summed E-state index contributed by atoms with van der Waals surface area (Å²) in [5, 5.41) is 0. The van der Waals surface area contributed by atoms with Gasteiger partial charge in [0, 0.05) is 66.1 Å². The maximum absolute atomic E-state index is 13.9. The highest BCUT2D eigenvalue weighted by Crippen LogP contribution is 2.68. The predicted molar refractivity (Wildman–Crippen MR) is 180 cm³/mol. The zero-order valence-electron chi connectivity index (χ0n) is 27.2. The van der Waals surface area contributed by atoms with E-state index < -0.39 is 0 Å². The number of rotatable bonds is 1. The van der Waals surface area contributed by atoms with Gasteiger partial charge in [0.1, 0.15) is 0 Å². The normalized spacial score (nSPS) is 44.1. The van der Waals surface area contributed by atoms with Crippen LogP contribution in [0.15, 0.2) is 83.7 Å². The Kier molecular flexibility index (Phi) is 5.08. The zero-order valence-corrected chi connectivity index (χ0v) is 27.2. The summed E-state index contributed by atoms with van der Waals surface area (Å²) >= 11 is 0. The number of hydrogen-bond donors (Lipinski definition) is 0. The molecule has 9 aliphatic rings. The van der Waals surface area contributed by atoms with Crippen LogP contribution in [0.3, 0.4) is 0 Å². The lowest BCUT2D eigenvalue weighted by molar-refractivity contribution is -0.119. The molecule has 2 spiro atoms. The van der Waals surface area contributed by atoms with Crippen molar-refractivity contribution in [3.63, 3.8) is 0 Å². The van der Waals surface area contributed by atoms with E-state index in [9.17, 15) is 4.79 Å². The molecule has 2 aromatic rings. The number of amides is 1. The quantitative estimate of drug-likeness (QED) is 0.384. The fourth-order valence-corrected chi connectivity index (χ4v) is 13.4. The number of carbonyl (C=O) groups is 1. The maximum Gasteiger partial charge on any atom is 0.224 e. The summed E-state index contributed by atoms with van der Waals surface area (Å²) in [5.41, 5.74) is 10.1. The molecule has 6 fully saturated rings. The van der Waals surface area contributed by atoms with Crippen LogP contribution in [0.5, 0.6) is 0 Å². The molecule has 2 aromatic carbocycles. The third kappa shape index (κ3) is 2.78. The van der Waals surface area contributed by atoms with E-state index in [4.69, 9.17) is 4.74 Å². The van der Waals surface area contributed by atoms with E-state index in [0.29, 0.717) is 30.0 Å². The molecule has 7 aliphatic heterocycles. The van der Waals surface area contributed by atoms with Gasteiger partial charge in [-0.2, -0.15) is 0 Å². The Balaban J connectivity index is 1.16. The van der Waals surface area contributed by atoms with Crippen molar-refractivity contribution in [1.82, 2.24) is 9.80 Å². The molecule has 0 N–H and O–H groups in total. The Morgan fingerprint density at radius 1 is 0.848 bits per heavy atom. The van der Waals surface area contributed by atoms with Gasteiger partial charge in [-0.15, -0.1) is 0 Å². The van der Waals surface area contributed by atoms with Crippen LogP contribution in [-0.4, -0.2) is 72.3 Å². The third-order valence-corrected chi connectivity index (χ3v) is 14.8. The summed E-state index contributed by atoms with van der Waals surface area (Å²) in [6.45, 7) is 10.7. The number of benzene rings is 2. The first kappa shape index (κ1) is 26.7. The molecule has 2 saturated carbocycles. The van der Waals surface area contributed by atoms with Crippen molar-refractivity contribution in [1.29, 1.82) is 0 Å². The summed E-state index contributed by atoms with van der Waals surface area (Å²) in [6, 6.07) is 19.7. The lowest BCUT2D eigenvalue weighted by atomic mass is 9.54. The minimum atomic E-state index is -0.137. The van der Waals surface area contributed by atoms with Gasteiger partial charge >= 0.3 is 0 Å². The fraction of sp³-hybridized carbons (Fsp3) is 0.525. The molecule has 46 heavy (non-hydrogen) atoms. The van der Waals surface area contributed by atoms with E-state index in [1.165, 1.54) is 29.7 Å². The average molecular weight is 613 g/mol. The second kappa shape index (κ2) is 8.76. The van der Waals surface area contributed by atoms with Gasteiger partial charge in [-0.25, -0.2) is 0 Å². The van der Waals surface area contributed by atoms with Gasteiger partial charge in [-0.05, 0) is 87.4 Å². The molecule has 11 rings (SSSR count). The number of nitrogens with zero attached hydrogens (tertiary/aromatic N) is 4. The molecule has 0 aromatic heterocycles. The molecule has 4 saturated heterocycles. The minimum absolute atomic E-state index is 0.0596. The van der Waals surface area contributed by atoms with Crippen LogP contribution in [0.1, 0.15) is 57.6 Å². The van der Waals surface area contributed by atoms with Gasteiger partial charge in [0.2, 0.25) is 5.91 Å². The zero-order chi connectivity index (χ0) is 30.7. The number of fused-ring (bicyclic) bond motifs is 6. The molecular formula is C40H44N4O2. The molecule has 1 amide bonds. The van der Waals surface area contributed by atoms with Crippen molar-refractivity contribution in [3.05, 3.63) is 94.8 Å². The van der Waals surface area contributed by atoms with E-state index >= 15 is 0 Å². The Labute approximate surface area is 272 Å². The summed E-state index contributed by atoms with van der Waals surface area (Å²) in [7, 11) is 0. The Morgan fingerprint density at radius 3 is 2.24 bits per heavy atom. The number of para-hydroxylation sites is 2. The summed E-state index contributed by atoms with van der Waals surface area (Å²) in [4.78, 5) is 24.5. The smallest absolute Gasteiger partial charge is 0.224 e. The average Bonchev–Trinajstić information content (AvgIpc) is 3.83. The van der Waals surface area contributed by atoms with Gasteiger partial charge in [-0.1, -0.05) is 59.7 Å². The predicted octanol–water partition coefficient (Wildman–Crippen LogP) is 5.75. The largest absolute Gasteiger partial charge is 0.478 e. The highest BCUT2D eigenvalue weighted by atomic mass is 16.5. The first-order chi connectivity index (χ1) is 22.5. The number of carbonyl (C=O) groups excluding carboxylic acids is 1. The fourth-order valence-electron chi connectivity index (χ4n) is 13.4. The highest BCUT2D eigenvalue weighted by Gasteiger charge is 2.73. The van der Waals surface area contributed by atoms with Crippen molar-refractivity contribution >= 4 is 17.3 Å². The van der Waals surface area contributed by atoms with E-state index in [-0.39, 0.29) is 34.9 Å². The Hall–Kier alpha value is -3.35. The van der Waals surface area contributed by atoms with E-state index in [1.807, 2.05) is 0 Å². The molecule has 6 heteroatoms. The maximum atomic E-state index is 13.9. The molecule has 7 heterocycles. The van der Waals surface area contributed by atoms with Crippen molar-refractivity contribution < 1.29 is 9.53 Å². The molecule has 2 unspecified atom stereocenters. The van der Waals surface area contributed by atoms with E-state index in [2.05, 4.69) is 100 Å². The first-order valence-electron chi connectivity index (χ1n) is 17.9. The van der Waals surface area contributed by atoms with Crippen LogP contribution >= 0.6 is 0 Å². The van der Waals surface area contributed by atoms with Crippen molar-refractivity contribution in [2.45, 2.75) is 87.7 Å². The lowest BCUT2D eigenvalue weighted by Gasteiger charge is -2.61. The van der Waals surface area contributed by atoms with Gasteiger partial charge in [-0.3, -0.25) is 14.6 Å². The minimum Gasteiger partial charge on any atom is -0.478 e.